The Kier molecular flexibility index (Phi) is 21.1. The lowest BCUT2D eigenvalue weighted by Crippen LogP contribution is -2.34. The third-order valence-corrected chi connectivity index (χ3v) is 5.45. The maximum atomic E-state index is 9.50. The number of aliphatic hydroxyl groups excluding tert-OH is 2. The summed E-state index contributed by atoms with van der Waals surface area (Å²) in [4.78, 5) is 2.24. The average molecular weight is 372 g/mol. The second-order valence-corrected chi connectivity index (χ2v) is 8.03. The first-order valence-electron chi connectivity index (χ1n) is 11.8. The van der Waals surface area contributed by atoms with Crippen LogP contribution in [0.4, 0.5) is 0 Å². The summed E-state index contributed by atoms with van der Waals surface area (Å²) in [6.07, 6.45) is 21.8. The number of hydrogen-bond donors (Lipinski definition) is 2. The highest BCUT2D eigenvalue weighted by molar-refractivity contribution is 4.62. The summed E-state index contributed by atoms with van der Waals surface area (Å²) < 4.78 is 0. The molecule has 0 aliphatic carbocycles. The molecule has 0 heterocycles. The van der Waals surface area contributed by atoms with E-state index in [1.807, 2.05) is 0 Å². The Balaban J connectivity index is 3.19. The second kappa shape index (κ2) is 21.2. The Morgan fingerprint density at radius 3 is 1.35 bits per heavy atom. The summed E-state index contributed by atoms with van der Waals surface area (Å²) >= 11 is 0. The number of unbranched alkanes of at least 4 members (excludes halogenated alkanes) is 15. The smallest absolute Gasteiger partial charge is 0.0897 e. The molecule has 3 heteroatoms. The Labute approximate surface area is 164 Å². The summed E-state index contributed by atoms with van der Waals surface area (Å²) in [5.41, 5.74) is 0. The van der Waals surface area contributed by atoms with Crippen LogP contribution in [-0.2, 0) is 0 Å². The molecule has 158 valence electrons. The minimum atomic E-state index is -0.587. The van der Waals surface area contributed by atoms with Gasteiger partial charge in [-0.15, -0.1) is 0 Å². The first kappa shape index (κ1) is 25.9. The van der Waals surface area contributed by atoms with Crippen molar-refractivity contribution in [1.29, 1.82) is 0 Å². The van der Waals surface area contributed by atoms with Gasteiger partial charge in [0.05, 0.1) is 12.7 Å². The molecule has 0 radical (unpaired) electrons. The van der Waals surface area contributed by atoms with Gasteiger partial charge in [0.15, 0.2) is 0 Å². The van der Waals surface area contributed by atoms with Crippen LogP contribution in [0.3, 0.4) is 0 Å². The summed E-state index contributed by atoms with van der Waals surface area (Å²) in [5.74, 6) is 0. The number of hydrogen-bond acceptors (Lipinski definition) is 3. The third-order valence-electron chi connectivity index (χ3n) is 5.45. The van der Waals surface area contributed by atoms with Gasteiger partial charge in [-0.05, 0) is 19.5 Å². The molecule has 0 saturated carbocycles. The minimum Gasteiger partial charge on any atom is -0.394 e. The maximum absolute atomic E-state index is 9.50. The van der Waals surface area contributed by atoms with Gasteiger partial charge in [-0.3, -0.25) is 0 Å². The molecule has 0 saturated heterocycles. The molecule has 0 rings (SSSR count). The van der Waals surface area contributed by atoms with Gasteiger partial charge in [0, 0.05) is 6.54 Å². The fourth-order valence-electron chi connectivity index (χ4n) is 3.62. The molecule has 0 spiro atoms. The molecule has 0 aromatic carbocycles. The fraction of sp³-hybridized carbons (Fsp3) is 1.00. The first-order chi connectivity index (χ1) is 12.7. The molecule has 0 aliphatic heterocycles. The van der Waals surface area contributed by atoms with Crippen molar-refractivity contribution in [2.75, 3.05) is 26.2 Å². The summed E-state index contributed by atoms with van der Waals surface area (Å²) in [5, 5.41) is 18.4. The topological polar surface area (TPSA) is 43.7 Å². The van der Waals surface area contributed by atoms with Gasteiger partial charge in [-0.2, -0.15) is 0 Å². The summed E-state index contributed by atoms with van der Waals surface area (Å²) in [6, 6.07) is 0. The number of rotatable bonds is 21. The van der Waals surface area contributed by atoms with Crippen LogP contribution in [0.25, 0.3) is 0 Å². The number of likely N-dealkylation sites (N-methyl/N-ethyl adjacent to an activating group) is 1. The molecule has 0 bridgehead atoms. The normalized spacial score (nSPS) is 12.8. The number of nitrogens with zero attached hydrogens (tertiary/aromatic N) is 1. The predicted octanol–water partition coefficient (Wildman–Crippen LogP) is 5.92. The molecular weight excluding hydrogens is 322 g/mol. The second-order valence-electron chi connectivity index (χ2n) is 8.03. The van der Waals surface area contributed by atoms with Crippen LogP contribution in [0, 0.1) is 0 Å². The molecule has 2 N–H and O–H groups in total. The van der Waals surface area contributed by atoms with Crippen LogP contribution >= 0.6 is 0 Å². The Bertz CT molecular complexity index is 261. The van der Waals surface area contributed by atoms with Crippen molar-refractivity contribution in [3.63, 3.8) is 0 Å². The van der Waals surface area contributed by atoms with E-state index in [9.17, 15) is 5.11 Å². The lowest BCUT2D eigenvalue weighted by atomic mass is 10.0. The van der Waals surface area contributed by atoms with E-state index in [2.05, 4.69) is 18.7 Å². The molecule has 0 amide bonds. The zero-order valence-corrected chi connectivity index (χ0v) is 18.1. The highest BCUT2D eigenvalue weighted by Gasteiger charge is 2.08. The largest absolute Gasteiger partial charge is 0.394 e. The highest BCUT2D eigenvalue weighted by atomic mass is 16.3. The average Bonchev–Trinajstić information content (AvgIpc) is 2.66. The van der Waals surface area contributed by atoms with E-state index in [1.54, 1.807) is 0 Å². The maximum Gasteiger partial charge on any atom is 0.0897 e. The van der Waals surface area contributed by atoms with Crippen molar-refractivity contribution >= 4 is 0 Å². The van der Waals surface area contributed by atoms with Crippen LogP contribution < -0.4 is 0 Å². The van der Waals surface area contributed by atoms with Gasteiger partial charge in [-0.1, -0.05) is 110 Å². The predicted molar refractivity (Wildman–Crippen MR) is 115 cm³/mol. The molecule has 1 unspecified atom stereocenters. The SMILES string of the molecule is CCCCCCCCCCCCCCCCCCN(CC)CC(O)CO. The van der Waals surface area contributed by atoms with E-state index in [0.29, 0.717) is 6.54 Å². The molecule has 0 fully saturated rings. The first-order valence-corrected chi connectivity index (χ1v) is 11.8. The Morgan fingerprint density at radius 2 is 1.00 bits per heavy atom. The van der Waals surface area contributed by atoms with Crippen LogP contribution in [0.15, 0.2) is 0 Å². The van der Waals surface area contributed by atoms with E-state index < -0.39 is 6.10 Å². The van der Waals surface area contributed by atoms with E-state index >= 15 is 0 Å². The van der Waals surface area contributed by atoms with Gasteiger partial charge < -0.3 is 15.1 Å². The highest BCUT2D eigenvalue weighted by Crippen LogP contribution is 2.13. The van der Waals surface area contributed by atoms with Crippen molar-refractivity contribution in [1.82, 2.24) is 4.90 Å². The molecule has 0 aliphatic rings. The zero-order valence-electron chi connectivity index (χ0n) is 18.1. The standard InChI is InChI=1S/C23H49NO2/c1-3-5-6-7-8-9-10-11-12-13-14-15-16-17-18-19-20-24(4-2)21-23(26)22-25/h23,25-26H,3-22H2,1-2H3. The van der Waals surface area contributed by atoms with Crippen LogP contribution in [-0.4, -0.2) is 47.5 Å². The van der Waals surface area contributed by atoms with Crippen molar-refractivity contribution in [3.05, 3.63) is 0 Å². The van der Waals surface area contributed by atoms with Gasteiger partial charge in [0.2, 0.25) is 0 Å². The van der Waals surface area contributed by atoms with Crippen molar-refractivity contribution in [3.8, 4) is 0 Å². The van der Waals surface area contributed by atoms with E-state index in [4.69, 9.17) is 5.11 Å². The molecule has 3 nitrogen and oxygen atoms in total. The minimum absolute atomic E-state index is 0.130. The lowest BCUT2D eigenvalue weighted by molar-refractivity contribution is 0.0602. The molecule has 26 heavy (non-hydrogen) atoms. The van der Waals surface area contributed by atoms with E-state index in [-0.39, 0.29) is 6.61 Å². The van der Waals surface area contributed by atoms with Crippen LogP contribution in [0.1, 0.15) is 117 Å². The van der Waals surface area contributed by atoms with Crippen LogP contribution in [0.2, 0.25) is 0 Å². The quantitative estimate of drug-likeness (QED) is 0.246. The molecule has 1 atom stereocenters. The molecular formula is C23H49NO2. The van der Waals surface area contributed by atoms with Gasteiger partial charge in [-0.25, -0.2) is 0 Å². The number of aliphatic hydroxyl groups is 2. The third kappa shape index (κ3) is 18.7. The van der Waals surface area contributed by atoms with Crippen molar-refractivity contribution < 1.29 is 10.2 Å². The van der Waals surface area contributed by atoms with Crippen molar-refractivity contribution in [2.24, 2.45) is 0 Å². The monoisotopic (exact) mass is 371 g/mol. The Hall–Kier alpha value is -0.120. The van der Waals surface area contributed by atoms with E-state index in [0.717, 1.165) is 13.1 Å². The zero-order chi connectivity index (χ0) is 19.3. The fourth-order valence-corrected chi connectivity index (χ4v) is 3.62. The summed E-state index contributed by atoms with van der Waals surface area (Å²) in [6.45, 7) is 6.88. The molecule has 0 aromatic heterocycles. The van der Waals surface area contributed by atoms with Crippen molar-refractivity contribution in [2.45, 2.75) is 123 Å². The molecule has 0 aromatic rings. The van der Waals surface area contributed by atoms with E-state index in [1.165, 1.54) is 103 Å². The van der Waals surface area contributed by atoms with Gasteiger partial charge >= 0.3 is 0 Å². The van der Waals surface area contributed by atoms with Crippen LogP contribution in [0.5, 0.6) is 0 Å². The van der Waals surface area contributed by atoms with Gasteiger partial charge in [0.25, 0.3) is 0 Å². The summed E-state index contributed by atoms with van der Waals surface area (Å²) in [7, 11) is 0. The lowest BCUT2D eigenvalue weighted by Gasteiger charge is -2.22. The Morgan fingerprint density at radius 1 is 0.615 bits per heavy atom. The van der Waals surface area contributed by atoms with Gasteiger partial charge in [0.1, 0.15) is 0 Å².